The van der Waals surface area contributed by atoms with Crippen molar-refractivity contribution in [3.05, 3.63) is 41.5 Å². The number of aliphatic carboxylic acids is 1. The van der Waals surface area contributed by atoms with Crippen molar-refractivity contribution < 1.29 is 15.0 Å². The van der Waals surface area contributed by atoms with E-state index in [1.54, 1.807) is 6.07 Å². The fourth-order valence-corrected chi connectivity index (χ4v) is 4.55. The maximum absolute atomic E-state index is 11.8. The number of hydrogen-bond acceptors (Lipinski definition) is 5. The van der Waals surface area contributed by atoms with Crippen LogP contribution in [0.3, 0.4) is 0 Å². The minimum absolute atomic E-state index is 0.120. The molecule has 7 nitrogen and oxygen atoms in total. The molecule has 2 atom stereocenters. The zero-order chi connectivity index (χ0) is 20.9. The number of likely N-dealkylation sites (tertiary alicyclic amines) is 1. The third-order valence-corrected chi connectivity index (χ3v) is 5.89. The molecule has 0 amide bonds. The molecule has 1 fully saturated rings. The lowest BCUT2D eigenvalue weighted by Crippen LogP contribution is -2.36. The number of nitrogens with zero attached hydrogens (tertiary/aromatic N) is 3. The third kappa shape index (κ3) is 3.25. The van der Waals surface area contributed by atoms with E-state index in [9.17, 15) is 15.0 Å². The zero-order valence-corrected chi connectivity index (χ0v) is 17.1. The molecule has 152 valence electrons. The van der Waals surface area contributed by atoms with Crippen molar-refractivity contribution in [2.75, 3.05) is 13.6 Å². The number of nitrogens with one attached hydrogen (secondary N) is 1. The van der Waals surface area contributed by atoms with Gasteiger partial charge in [-0.2, -0.15) is 0 Å². The van der Waals surface area contributed by atoms with Crippen LogP contribution in [0.25, 0.3) is 22.2 Å². The monoisotopic (exact) mass is 394 g/mol. The first-order valence-corrected chi connectivity index (χ1v) is 9.79. The van der Waals surface area contributed by atoms with Crippen LogP contribution in [0.15, 0.2) is 30.3 Å². The molecule has 1 saturated heterocycles. The van der Waals surface area contributed by atoms with Gasteiger partial charge in [0.15, 0.2) is 0 Å². The van der Waals surface area contributed by atoms with E-state index in [2.05, 4.69) is 36.2 Å². The first-order valence-electron chi connectivity index (χ1n) is 9.79. The lowest BCUT2D eigenvalue weighted by atomic mass is 9.80. The molecule has 1 unspecified atom stereocenters. The van der Waals surface area contributed by atoms with Gasteiger partial charge >= 0.3 is 5.97 Å². The fraction of sp³-hybridized carbons (Fsp3) is 0.409. The van der Waals surface area contributed by atoms with E-state index in [-0.39, 0.29) is 17.1 Å². The summed E-state index contributed by atoms with van der Waals surface area (Å²) in [6, 6.07) is 8.76. The number of hydrogen-bond donors (Lipinski definition) is 3. The average Bonchev–Trinajstić information content (AvgIpc) is 3.26. The highest BCUT2D eigenvalue weighted by Crippen LogP contribution is 2.42. The molecule has 7 heteroatoms. The molecule has 4 rings (SSSR count). The Morgan fingerprint density at radius 1 is 1.21 bits per heavy atom. The third-order valence-electron chi connectivity index (χ3n) is 5.89. The highest BCUT2D eigenvalue weighted by molar-refractivity contribution is 5.89. The number of aromatic hydroxyl groups is 1. The Morgan fingerprint density at radius 3 is 2.66 bits per heavy atom. The number of fused-ring (bicyclic) bond motifs is 1. The van der Waals surface area contributed by atoms with Crippen LogP contribution in [0.1, 0.15) is 44.2 Å². The summed E-state index contributed by atoms with van der Waals surface area (Å²) in [5, 5.41) is 31.5. The number of aromatic nitrogens is 3. The van der Waals surface area contributed by atoms with Crippen LogP contribution in [-0.4, -0.2) is 56.1 Å². The van der Waals surface area contributed by atoms with E-state index in [1.807, 2.05) is 36.2 Å². The van der Waals surface area contributed by atoms with Crippen LogP contribution in [0.2, 0.25) is 0 Å². The van der Waals surface area contributed by atoms with Gasteiger partial charge in [-0.25, -0.2) is 0 Å². The first kappa shape index (κ1) is 19.4. The largest absolute Gasteiger partial charge is 0.507 e. The van der Waals surface area contributed by atoms with Crippen molar-refractivity contribution in [1.29, 1.82) is 0 Å². The summed E-state index contributed by atoms with van der Waals surface area (Å²) in [5.74, 6) is -0.768. The number of carboxylic acids is 1. The topological polar surface area (TPSA) is 102 Å². The maximum atomic E-state index is 11.8. The first-order chi connectivity index (χ1) is 13.7. The van der Waals surface area contributed by atoms with Crippen molar-refractivity contribution in [2.45, 2.75) is 44.6 Å². The molecular formula is C22H26N4O3. The van der Waals surface area contributed by atoms with E-state index in [1.165, 1.54) is 0 Å². The summed E-state index contributed by atoms with van der Waals surface area (Å²) in [7, 11) is 1.84. The molecule has 0 bridgehead atoms. The second-order valence-electron chi connectivity index (χ2n) is 8.88. The number of phenolic OH excluding ortho intramolecular Hbond substituents is 1. The van der Waals surface area contributed by atoms with Gasteiger partial charge in [0.25, 0.3) is 0 Å². The molecular weight excluding hydrogens is 368 g/mol. The van der Waals surface area contributed by atoms with E-state index in [0.717, 1.165) is 40.7 Å². The van der Waals surface area contributed by atoms with Gasteiger partial charge in [0.1, 0.15) is 17.3 Å². The van der Waals surface area contributed by atoms with Gasteiger partial charge in [-0.15, -0.1) is 5.10 Å². The van der Waals surface area contributed by atoms with Gasteiger partial charge in [0, 0.05) is 11.5 Å². The molecule has 1 aliphatic heterocycles. The second-order valence-corrected chi connectivity index (χ2v) is 8.88. The predicted octanol–water partition coefficient (Wildman–Crippen LogP) is 3.50. The van der Waals surface area contributed by atoms with Crippen molar-refractivity contribution in [3.8, 4) is 16.9 Å². The standard InChI is InChI=1S/C22H26N4O3/c1-22(2,3)18-14(6-7-16-19(18)24-25-23-16)15-11-12(5-8-17(15)27)13-9-10-26(4)20(13)21(28)29/h5-8,11,13,20,27H,9-10H2,1-4H3,(H,28,29)(H,23,24,25)/t13?,20-/m0/s1. The Balaban J connectivity index is 1.89. The Labute approximate surface area is 169 Å². The molecule has 2 heterocycles. The van der Waals surface area contributed by atoms with E-state index in [4.69, 9.17) is 0 Å². The average molecular weight is 394 g/mol. The van der Waals surface area contributed by atoms with Crippen molar-refractivity contribution >= 4 is 17.0 Å². The second kappa shape index (κ2) is 6.84. The van der Waals surface area contributed by atoms with Crippen LogP contribution in [0.5, 0.6) is 5.75 Å². The Kier molecular flexibility index (Phi) is 4.58. The lowest BCUT2D eigenvalue weighted by molar-refractivity contribution is -0.142. The number of phenols is 1. The number of rotatable bonds is 3. The predicted molar refractivity (Wildman–Crippen MR) is 111 cm³/mol. The van der Waals surface area contributed by atoms with Crippen LogP contribution >= 0.6 is 0 Å². The van der Waals surface area contributed by atoms with E-state index >= 15 is 0 Å². The quantitative estimate of drug-likeness (QED) is 0.628. The molecule has 0 aliphatic carbocycles. The summed E-state index contributed by atoms with van der Waals surface area (Å²) in [6.07, 6.45) is 0.770. The summed E-state index contributed by atoms with van der Waals surface area (Å²) in [5.41, 5.74) is 4.89. The van der Waals surface area contributed by atoms with Gasteiger partial charge in [0.05, 0.1) is 5.52 Å². The van der Waals surface area contributed by atoms with Crippen molar-refractivity contribution in [3.63, 3.8) is 0 Å². The van der Waals surface area contributed by atoms with Crippen molar-refractivity contribution in [2.24, 2.45) is 0 Å². The number of H-pyrrole nitrogens is 1. The van der Waals surface area contributed by atoms with Crippen LogP contribution in [-0.2, 0) is 10.2 Å². The molecule has 3 N–H and O–H groups in total. The number of aromatic amines is 1. The summed E-state index contributed by atoms with van der Waals surface area (Å²) in [4.78, 5) is 13.7. The molecule has 0 saturated carbocycles. The highest BCUT2D eigenvalue weighted by Gasteiger charge is 2.38. The lowest BCUT2D eigenvalue weighted by Gasteiger charge is -2.25. The highest BCUT2D eigenvalue weighted by atomic mass is 16.4. The van der Waals surface area contributed by atoms with Crippen molar-refractivity contribution in [1.82, 2.24) is 20.3 Å². The zero-order valence-electron chi connectivity index (χ0n) is 17.1. The molecule has 29 heavy (non-hydrogen) atoms. The minimum atomic E-state index is -0.816. The van der Waals surface area contributed by atoms with Gasteiger partial charge in [0.2, 0.25) is 0 Å². The summed E-state index contributed by atoms with van der Waals surface area (Å²) >= 11 is 0. The van der Waals surface area contributed by atoms with Gasteiger partial charge in [-0.1, -0.05) is 38.1 Å². The van der Waals surface area contributed by atoms with Gasteiger partial charge in [-0.05, 0) is 60.3 Å². The molecule has 1 aromatic heterocycles. The van der Waals surface area contributed by atoms with E-state index < -0.39 is 12.0 Å². The van der Waals surface area contributed by atoms with Gasteiger partial charge in [-0.3, -0.25) is 14.8 Å². The molecule has 3 aromatic rings. The van der Waals surface area contributed by atoms with Crippen LogP contribution in [0, 0.1) is 0 Å². The van der Waals surface area contributed by atoms with Crippen LogP contribution in [0.4, 0.5) is 0 Å². The molecule has 1 aliphatic rings. The normalized spacial score (nSPS) is 20.4. The Morgan fingerprint density at radius 2 is 1.97 bits per heavy atom. The summed E-state index contributed by atoms with van der Waals surface area (Å²) in [6.45, 7) is 7.05. The SMILES string of the molecule is CN1CCC(c2ccc(O)c(-c3ccc4[nH]nnc4c3C(C)(C)C)c2)[C@H]1C(=O)O. The number of likely N-dealkylation sites (N-methyl/N-ethyl adjacent to an activating group) is 1. The number of carbonyl (C=O) groups is 1. The molecule has 0 spiro atoms. The number of benzene rings is 2. The van der Waals surface area contributed by atoms with E-state index in [0.29, 0.717) is 5.56 Å². The molecule has 0 radical (unpaired) electrons. The summed E-state index contributed by atoms with van der Waals surface area (Å²) < 4.78 is 0. The maximum Gasteiger partial charge on any atom is 0.321 e. The van der Waals surface area contributed by atoms with Crippen LogP contribution < -0.4 is 0 Å². The fourth-order valence-electron chi connectivity index (χ4n) is 4.55. The number of carboxylic acid groups (broad SMARTS) is 1. The minimum Gasteiger partial charge on any atom is -0.507 e. The Bertz CT molecular complexity index is 1080. The Hall–Kier alpha value is -2.93. The smallest absolute Gasteiger partial charge is 0.321 e. The van der Waals surface area contributed by atoms with Gasteiger partial charge < -0.3 is 10.2 Å². The molecule has 2 aromatic carbocycles.